The number of ketones is 1. The van der Waals surface area contributed by atoms with Gasteiger partial charge in [0.1, 0.15) is 12.2 Å². The molecule has 0 saturated carbocycles. The molecule has 1 aliphatic rings. The Morgan fingerprint density at radius 2 is 1.92 bits per heavy atom. The third-order valence-corrected chi connectivity index (χ3v) is 3.60. The molecule has 1 N–H and O–H groups in total. The van der Waals surface area contributed by atoms with Crippen molar-refractivity contribution in [3.05, 3.63) is 35.9 Å². The first-order valence-corrected chi connectivity index (χ1v) is 8.20. The molecule has 136 valence electrons. The molecule has 0 unspecified atom stereocenters. The summed E-state index contributed by atoms with van der Waals surface area (Å²) >= 11 is 0. The van der Waals surface area contributed by atoms with Gasteiger partial charge in [-0.3, -0.25) is 4.79 Å². The number of Topliss-reactive ketones (excluding diaryl/α,β-unsaturated/α-hetero) is 1. The average Bonchev–Trinajstić information content (AvgIpc) is 2.91. The summed E-state index contributed by atoms with van der Waals surface area (Å²) in [5.41, 5.74) is 0.267. The third-order valence-electron chi connectivity index (χ3n) is 3.60. The number of rotatable bonds is 4. The van der Waals surface area contributed by atoms with Crippen molar-refractivity contribution < 1.29 is 23.9 Å². The number of hydrogen-bond donors (Lipinski definition) is 1. The van der Waals surface area contributed by atoms with E-state index in [1.54, 1.807) is 20.8 Å². The molecule has 0 spiro atoms. The van der Waals surface area contributed by atoms with Gasteiger partial charge in [0, 0.05) is 13.1 Å². The second-order valence-electron chi connectivity index (χ2n) is 6.97. The molecule has 0 aliphatic carbocycles. The second-order valence-corrected chi connectivity index (χ2v) is 6.97. The fourth-order valence-corrected chi connectivity index (χ4v) is 2.37. The van der Waals surface area contributed by atoms with E-state index in [0.29, 0.717) is 0 Å². The summed E-state index contributed by atoms with van der Waals surface area (Å²) in [5, 5.41) is 2.57. The highest BCUT2D eigenvalue weighted by Crippen LogP contribution is 2.16. The van der Waals surface area contributed by atoms with Crippen LogP contribution in [0.25, 0.3) is 0 Å². The molecule has 1 atom stereocenters. The maximum atomic E-state index is 12.0. The summed E-state index contributed by atoms with van der Waals surface area (Å²) in [6.07, 6.45) is -1.11. The Kier molecular flexibility index (Phi) is 6.01. The zero-order valence-electron chi connectivity index (χ0n) is 14.8. The number of nitrogens with zero attached hydrogens (tertiary/aromatic N) is 1. The lowest BCUT2D eigenvalue weighted by atomic mass is 10.1. The van der Waals surface area contributed by atoms with Gasteiger partial charge in [0.05, 0.1) is 12.5 Å². The fraction of sp³-hybridized carbons (Fsp3) is 0.500. The van der Waals surface area contributed by atoms with Crippen LogP contribution in [0.2, 0.25) is 0 Å². The lowest BCUT2D eigenvalue weighted by Crippen LogP contribution is -2.36. The lowest BCUT2D eigenvalue weighted by Gasteiger charge is -2.24. The molecule has 0 aromatic heterocycles. The molecular weight excluding hydrogens is 324 g/mol. The van der Waals surface area contributed by atoms with Gasteiger partial charge >= 0.3 is 12.2 Å². The molecule has 0 radical (unpaired) electrons. The maximum Gasteiger partial charge on any atom is 0.410 e. The third kappa shape index (κ3) is 6.10. The molecule has 1 aromatic carbocycles. The van der Waals surface area contributed by atoms with Crippen molar-refractivity contribution in [1.82, 2.24) is 10.2 Å². The summed E-state index contributed by atoms with van der Waals surface area (Å²) in [5.74, 6) is -0.550. The van der Waals surface area contributed by atoms with Crippen LogP contribution in [-0.2, 0) is 20.9 Å². The van der Waals surface area contributed by atoms with Gasteiger partial charge in [-0.05, 0) is 26.3 Å². The monoisotopic (exact) mass is 348 g/mol. The van der Waals surface area contributed by atoms with Crippen LogP contribution >= 0.6 is 0 Å². The normalized spacial score (nSPS) is 17.3. The van der Waals surface area contributed by atoms with Gasteiger partial charge in [-0.25, -0.2) is 9.59 Å². The molecule has 7 heteroatoms. The summed E-state index contributed by atoms with van der Waals surface area (Å²) in [6.45, 7) is 5.83. The molecule has 1 aliphatic heterocycles. The van der Waals surface area contributed by atoms with Crippen LogP contribution in [0.3, 0.4) is 0 Å². The number of benzene rings is 1. The topological polar surface area (TPSA) is 84.9 Å². The Labute approximate surface area is 147 Å². The minimum atomic E-state index is -0.613. The van der Waals surface area contributed by atoms with Crippen molar-refractivity contribution in [2.45, 2.75) is 33.0 Å². The average molecular weight is 348 g/mol. The SMILES string of the molecule is CC(C)(C)OC(=O)N1CC(=O)[C@@H](CNC(=O)OCc2ccccc2)C1. The maximum absolute atomic E-state index is 12.0. The van der Waals surface area contributed by atoms with Crippen LogP contribution in [0.4, 0.5) is 9.59 Å². The number of nitrogens with one attached hydrogen (secondary N) is 1. The zero-order chi connectivity index (χ0) is 18.4. The van der Waals surface area contributed by atoms with Gasteiger partial charge < -0.3 is 19.7 Å². The Morgan fingerprint density at radius 1 is 1.24 bits per heavy atom. The summed E-state index contributed by atoms with van der Waals surface area (Å²) in [7, 11) is 0. The van der Waals surface area contributed by atoms with Gasteiger partial charge in [0.2, 0.25) is 0 Å². The van der Waals surface area contributed by atoms with E-state index in [1.807, 2.05) is 30.3 Å². The standard InChI is InChI=1S/C18H24N2O5/c1-18(2,3)25-17(23)20-10-14(15(21)11-20)9-19-16(22)24-12-13-7-5-4-6-8-13/h4-8,14H,9-12H2,1-3H3,(H,19,22)/t14-/m0/s1. The predicted molar refractivity (Wildman–Crippen MR) is 90.9 cm³/mol. The quantitative estimate of drug-likeness (QED) is 0.903. The minimum absolute atomic E-state index is 0.000320. The van der Waals surface area contributed by atoms with Crippen LogP contribution in [0.15, 0.2) is 30.3 Å². The summed E-state index contributed by atoms with van der Waals surface area (Å²) in [4.78, 5) is 37.1. The van der Waals surface area contributed by atoms with Gasteiger partial charge in [0.15, 0.2) is 5.78 Å². The highest BCUT2D eigenvalue weighted by molar-refractivity contribution is 5.90. The van der Waals surface area contributed by atoms with Gasteiger partial charge in [-0.15, -0.1) is 0 Å². The first kappa shape index (κ1) is 18.8. The summed E-state index contributed by atoms with van der Waals surface area (Å²) in [6, 6.07) is 9.31. The first-order valence-electron chi connectivity index (χ1n) is 8.20. The van der Waals surface area contributed by atoms with E-state index >= 15 is 0 Å². The van der Waals surface area contributed by atoms with E-state index in [1.165, 1.54) is 4.90 Å². The molecule has 2 rings (SSSR count). The molecular formula is C18H24N2O5. The Hall–Kier alpha value is -2.57. The van der Waals surface area contributed by atoms with E-state index in [2.05, 4.69) is 5.32 Å². The van der Waals surface area contributed by atoms with Crippen LogP contribution in [0.5, 0.6) is 0 Å². The Balaban J connectivity index is 1.74. The minimum Gasteiger partial charge on any atom is -0.445 e. The molecule has 7 nitrogen and oxygen atoms in total. The van der Waals surface area contributed by atoms with Crippen LogP contribution in [0, 0.1) is 5.92 Å². The van der Waals surface area contributed by atoms with Crippen LogP contribution in [0.1, 0.15) is 26.3 Å². The highest BCUT2D eigenvalue weighted by atomic mass is 16.6. The van der Waals surface area contributed by atoms with Crippen LogP contribution < -0.4 is 5.32 Å². The van der Waals surface area contributed by atoms with Crippen molar-refractivity contribution in [2.75, 3.05) is 19.6 Å². The highest BCUT2D eigenvalue weighted by Gasteiger charge is 2.35. The van der Waals surface area contributed by atoms with E-state index < -0.39 is 23.7 Å². The number of hydrogen-bond acceptors (Lipinski definition) is 5. The summed E-state index contributed by atoms with van der Waals surface area (Å²) < 4.78 is 10.4. The molecule has 1 saturated heterocycles. The largest absolute Gasteiger partial charge is 0.445 e. The van der Waals surface area contributed by atoms with Gasteiger partial charge in [-0.2, -0.15) is 0 Å². The van der Waals surface area contributed by atoms with E-state index in [9.17, 15) is 14.4 Å². The van der Waals surface area contributed by atoms with Crippen molar-refractivity contribution in [3.8, 4) is 0 Å². The van der Waals surface area contributed by atoms with E-state index in [0.717, 1.165) is 5.56 Å². The smallest absolute Gasteiger partial charge is 0.410 e. The molecule has 1 fully saturated rings. The zero-order valence-corrected chi connectivity index (χ0v) is 14.8. The van der Waals surface area contributed by atoms with E-state index in [4.69, 9.17) is 9.47 Å². The Morgan fingerprint density at radius 3 is 2.56 bits per heavy atom. The lowest BCUT2D eigenvalue weighted by molar-refractivity contribution is -0.119. The molecule has 2 amide bonds. The van der Waals surface area contributed by atoms with Crippen LogP contribution in [-0.4, -0.2) is 48.1 Å². The molecule has 1 heterocycles. The predicted octanol–water partition coefficient (Wildman–Crippen LogP) is 2.35. The molecule has 25 heavy (non-hydrogen) atoms. The Bertz CT molecular complexity index is 624. The van der Waals surface area contributed by atoms with Crippen molar-refractivity contribution in [3.63, 3.8) is 0 Å². The molecule has 0 bridgehead atoms. The number of ether oxygens (including phenoxy) is 2. The first-order chi connectivity index (χ1) is 11.7. The van der Waals surface area contributed by atoms with E-state index in [-0.39, 0.29) is 32.0 Å². The van der Waals surface area contributed by atoms with Gasteiger partial charge in [-0.1, -0.05) is 30.3 Å². The second kappa shape index (κ2) is 8.00. The number of likely N-dealkylation sites (tertiary alicyclic amines) is 1. The van der Waals surface area contributed by atoms with Gasteiger partial charge in [0.25, 0.3) is 0 Å². The van der Waals surface area contributed by atoms with Crippen molar-refractivity contribution in [1.29, 1.82) is 0 Å². The van der Waals surface area contributed by atoms with Crippen molar-refractivity contribution in [2.24, 2.45) is 5.92 Å². The van der Waals surface area contributed by atoms with Crippen molar-refractivity contribution >= 4 is 18.0 Å². The number of amides is 2. The molecule has 1 aromatic rings. The number of alkyl carbamates (subject to hydrolysis) is 1. The fourth-order valence-electron chi connectivity index (χ4n) is 2.37. The number of carbonyl (C=O) groups is 3. The number of carbonyl (C=O) groups excluding carboxylic acids is 3.